The number of carbonyl (C=O) groups is 1. The third-order valence-corrected chi connectivity index (χ3v) is 3.97. The number of nitrogens with zero attached hydrogens (tertiary/aromatic N) is 1. The number of hydrogen-bond donors (Lipinski definition) is 1. The number of hydrogen-bond acceptors (Lipinski definition) is 3. The Morgan fingerprint density at radius 3 is 2.76 bits per heavy atom. The van der Waals surface area contributed by atoms with Gasteiger partial charge in [-0.15, -0.1) is 0 Å². The van der Waals surface area contributed by atoms with Gasteiger partial charge in [-0.1, -0.05) is 0 Å². The molecule has 0 radical (unpaired) electrons. The monoisotopic (exact) mass is 240 g/mol. The molecule has 1 N–H and O–H groups in total. The minimum absolute atomic E-state index is 0.0491. The number of ether oxygens (including phenoxy) is 1. The maximum Gasteiger partial charge on any atom is 0.240 e. The predicted octanol–water partition coefficient (Wildman–Crippen LogP) is 1.01. The SMILES string of the molecule is COCCN(C(=O)[C@@H]1CCCN1)C(C)C1CC1. The average Bonchev–Trinajstić information content (AvgIpc) is 3.04. The molecule has 1 unspecified atom stereocenters. The van der Waals surface area contributed by atoms with Gasteiger partial charge in [0.15, 0.2) is 0 Å². The van der Waals surface area contributed by atoms with E-state index in [1.165, 1.54) is 12.8 Å². The first-order chi connectivity index (χ1) is 8.24. The molecule has 0 aromatic rings. The van der Waals surface area contributed by atoms with Crippen LogP contribution in [0.4, 0.5) is 0 Å². The first kappa shape index (κ1) is 12.8. The second kappa shape index (κ2) is 5.83. The van der Waals surface area contributed by atoms with Gasteiger partial charge in [0, 0.05) is 19.7 Å². The summed E-state index contributed by atoms with van der Waals surface area (Å²) in [6.07, 6.45) is 4.65. The van der Waals surface area contributed by atoms with Crippen molar-refractivity contribution in [3.63, 3.8) is 0 Å². The van der Waals surface area contributed by atoms with E-state index in [4.69, 9.17) is 4.74 Å². The van der Waals surface area contributed by atoms with Crippen LogP contribution in [0, 0.1) is 5.92 Å². The van der Waals surface area contributed by atoms with E-state index in [2.05, 4.69) is 12.2 Å². The summed E-state index contributed by atoms with van der Waals surface area (Å²) in [5.74, 6) is 0.996. The van der Waals surface area contributed by atoms with Crippen LogP contribution in [-0.2, 0) is 9.53 Å². The van der Waals surface area contributed by atoms with Crippen molar-refractivity contribution in [2.75, 3.05) is 26.8 Å². The van der Waals surface area contributed by atoms with E-state index >= 15 is 0 Å². The molecule has 2 fully saturated rings. The van der Waals surface area contributed by atoms with Crippen LogP contribution in [0.1, 0.15) is 32.6 Å². The molecule has 1 amide bonds. The summed E-state index contributed by atoms with van der Waals surface area (Å²) in [5.41, 5.74) is 0. The van der Waals surface area contributed by atoms with Gasteiger partial charge in [-0.3, -0.25) is 4.79 Å². The quantitative estimate of drug-likeness (QED) is 0.753. The molecule has 2 atom stereocenters. The van der Waals surface area contributed by atoms with Crippen LogP contribution in [0.2, 0.25) is 0 Å². The van der Waals surface area contributed by atoms with Gasteiger partial charge in [0.2, 0.25) is 5.91 Å². The molecular formula is C13H24N2O2. The molecule has 1 aliphatic carbocycles. The lowest BCUT2D eigenvalue weighted by atomic mass is 10.1. The minimum Gasteiger partial charge on any atom is -0.383 e. The van der Waals surface area contributed by atoms with Gasteiger partial charge in [-0.25, -0.2) is 0 Å². The van der Waals surface area contributed by atoms with Crippen molar-refractivity contribution >= 4 is 5.91 Å². The fraction of sp³-hybridized carbons (Fsp3) is 0.923. The van der Waals surface area contributed by atoms with Crippen LogP contribution in [0.25, 0.3) is 0 Å². The molecule has 0 aromatic carbocycles. The summed E-state index contributed by atoms with van der Waals surface area (Å²) < 4.78 is 5.12. The Balaban J connectivity index is 1.94. The molecule has 2 aliphatic rings. The highest BCUT2D eigenvalue weighted by molar-refractivity contribution is 5.82. The molecule has 0 bridgehead atoms. The van der Waals surface area contributed by atoms with Crippen molar-refractivity contribution in [3.05, 3.63) is 0 Å². The van der Waals surface area contributed by atoms with Crippen LogP contribution < -0.4 is 5.32 Å². The molecule has 1 aliphatic heterocycles. The molecule has 0 aromatic heterocycles. The van der Waals surface area contributed by atoms with E-state index in [1.807, 2.05) is 4.90 Å². The zero-order chi connectivity index (χ0) is 12.3. The Hall–Kier alpha value is -0.610. The smallest absolute Gasteiger partial charge is 0.240 e. The molecule has 17 heavy (non-hydrogen) atoms. The van der Waals surface area contributed by atoms with Crippen molar-refractivity contribution in [2.24, 2.45) is 5.92 Å². The summed E-state index contributed by atoms with van der Waals surface area (Å²) in [7, 11) is 1.69. The Bertz CT molecular complexity index is 260. The van der Waals surface area contributed by atoms with Crippen molar-refractivity contribution in [1.82, 2.24) is 10.2 Å². The van der Waals surface area contributed by atoms with E-state index in [9.17, 15) is 4.79 Å². The van der Waals surface area contributed by atoms with Crippen molar-refractivity contribution in [2.45, 2.75) is 44.7 Å². The lowest BCUT2D eigenvalue weighted by Crippen LogP contribution is -2.49. The van der Waals surface area contributed by atoms with E-state index in [0.717, 1.165) is 31.8 Å². The maximum atomic E-state index is 12.4. The highest BCUT2D eigenvalue weighted by Gasteiger charge is 2.36. The number of nitrogens with one attached hydrogen (secondary N) is 1. The van der Waals surface area contributed by atoms with E-state index < -0.39 is 0 Å². The second-order valence-electron chi connectivity index (χ2n) is 5.25. The lowest BCUT2D eigenvalue weighted by molar-refractivity contribution is -0.136. The zero-order valence-corrected chi connectivity index (χ0v) is 10.9. The summed E-state index contributed by atoms with van der Waals surface area (Å²) >= 11 is 0. The van der Waals surface area contributed by atoms with Gasteiger partial charge in [-0.05, 0) is 45.1 Å². The standard InChI is InChI=1S/C13H24N2O2/c1-10(11-5-6-11)15(8-9-17-2)13(16)12-4-3-7-14-12/h10-12,14H,3-9H2,1-2H3/t10?,12-/m0/s1. The van der Waals surface area contributed by atoms with Gasteiger partial charge >= 0.3 is 0 Å². The molecule has 1 heterocycles. The highest BCUT2D eigenvalue weighted by atomic mass is 16.5. The van der Waals surface area contributed by atoms with Crippen molar-refractivity contribution in [3.8, 4) is 0 Å². The van der Waals surface area contributed by atoms with Crippen molar-refractivity contribution < 1.29 is 9.53 Å². The first-order valence-electron chi connectivity index (χ1n) is 6.77. The number of amides is 1. The summed E-state index contributed by atoms with van der Waals surface area (Å²) in [6.45, 7) is 4.52. The molecule has 4 heteroatoms. The molecule has 2 rings (SSSR count). The van der Waals surface area contributed by atoms with Crippen LogP contribution >= 0.6 is 0 Å². The third-order valence-electron chi connectivity index (χ3n) is 3.97. The van der Waals surface area contributed by atoms with Gasteiger partial charge < -0.3 is 15.0 Å². The number of methoxy groups -OCH3 is 1. The van der Waals surface area contributed by atoms with E-state index in [-0.39, 0.29) is 11.9 Å². The molecule has 1 saturated heterocycles. The second-order valence-corrected chi connectivity index (χ2v) is 5.25. The highest BCUT2D eigenvalue weighted by Crippen LogP contribution is 2.35. The van der Waals surface area contributed by atoms with Crippen LogP contribution in [-0.4, -0.2) is 49.7 Å². The van der Waals surface area contributed by atoms with Gasteiger partial charge in [0.05, 0.1) is 12.6 Å². The summed E-state index contributed by atoms with van der Waals surface area (Å²) in [5, 5.41) is 3.30. The van der Waals surface area contributed by atoms with E-state index in [0.29, 0.717) is 12.6 Å². The Morgan fingerprint density at radius 2 is 2.24 bits per heavy atom. The lowest BCUT2D eigenvalue weighted by Gasteiger charge is -2.31. The Kier molecular flexibility index (Phi) is 4.40. The van der Waals surface area contributed by atoms with Gasteiger partial charge in [-0.2, -0.15) is 0 Å². The molecule has 98 valence electrons. The van der Waals surface area contributed by atoms with Crippen molar-refractivity contribution in [1.29, 1.82) is 0 Å². The fourth-order valence-electron chi connectivity index (χ4n) is 2.63. The molecular weight excluding hydrogens is 216 g/mol. The largest absolute Gasteiger partial charge is 0.383 e. The average molecular weight is 240 g/mol. The molecule has 4 nitrogen and oxygen atoms in total. The molecule has 0 spiro atoms. The molecule has 1 saturated carbocycles. The van der Waals surface area contributed by atoms with Crippen LogP contribution in [0.3, 0.4) is 0 Å². The van der Waals surface area contributed by atoms with E-state index in [1.54, 1.807) is 7.11 Å². The third kappa shape index (κ3) is 3.19. The van der Waals surface area contributed by atoms with Crippen LogP contribution in [0.5, 0.6) is 0 Å². The number of carbonyl (C=O) groups excluding carboxylic acids is 1. The normalized spacial score (nSPS) is 25.9. The van der Waals surface area contributed by atoms with Crippen LogP contribution in [0.15, 0.2) is 0 Å². The maximum absolute atomic E-state index is 12.4. The Labute approximate surface area is 104 Å². The number of rotatable bonds is 6. The zero-order valence-electron chi connectivity index (χ0n) is 10.9. The predicted molar refractivity (Wildman–Crippen MR) is 66.8 cm³/mol. The first-order valence-corrected chi connectivity index (χ1v) is 6.77. The minimum atomic E-state index is 0.0491. The Morgan fingerprint density at radius 1 is 1.47 bits per heavy atom. The summed E-state index contributed by atoms with van der Waals surface area (Å²) in [6, 6.07) is 0.424. The topological polar surface area (TPSA) is 41.6 Å². The van der Waals surface area contributed by atoms with Gasteiger partial charge in [0.25, 0.3) is 0 Å². The summed E-state index contributed by atoms with van der Waals surface area (Å²) in [4.78, 5) is 14.5. The van der Waals surface area contributed by atoms with Gasteiger partial charge in [0.1, 0.15) is 0 Å². The fourth-order valence-corrected chi connectivity index (χ4v) is 2.63.